The van der Waals surface area contributed by atoms with Gasteiger partial charge in [-0.25, -0.2) is 13.1 Å². The van der Waals surface area contributed by atoms with Crippen molar-refractivity contribution in [3.8, 4) is 0 Å². The minimum atomic E-state index is -3.46. The molecule has 1 atom stereocenters. The monoisotopic (exact) mass is 244 g/mol. The number of hydrogen-bond acceptors (Lipinski definition) is 4. The van der Waals surface area contributed by atoms with Gasteiger partial charge in [0.15, 0.2) is 0 Å². The molecular weight excluding hydrogens is 228 g/mol. The molecule has 1 aromatic rings. The summed E-state index contributed by atoms with van der Waals surface area (Å²) in [6, 6.07) is 3.01. The van der Waals surface area contributed by atoms with Crippen LogP contribution in [0.4, 0.5) is 0 Å². The highest BCUT2D eigenvalue weighted by molar-refractivity contribution is 7.89. The number of sulfonamides is 1. The Morgan fingerprint density at radius 3 is 3.06 bits per heavy atom. The SMILES string of the molecule is O=S(=O)(NCC1CCCNC1)c1ccco1. The van der Waals surface area contributed by atoms with Crippen molar-refractivity contribution in [1.82, 2.24) is 10.0 Å². The van der Waals surface area contributed by atoms with E-state index in [9.17, 15) is 8.42 Å². The lowest BCUT2D eigenvalue weighted by molar-refractivity contribution is 0.373. The quantitative estimate of drug-likeness (QED) is 0.811. The molecule has 0 aromatic carbocycles. The maximum Gasteiger partial charge on any atom is 0.273 e. The van der Waals surface area contributed by atoms with E-state index < -0.39 is 10.0 Å². The largest absolute Gasteiger partial charge is 0.452 e. The topological polar surface area (TPSA) is 71.3 Å². The first-order valence-corrected chi connectivity index (χ1v) is 6.91. The molecule has 1 saturated heterocycles. The van der Waals surface area contributed by atoms with Crippen molar-refractivity contribution < 1.29 is 12.8 Å². The minimum Gasteiger partial charge on any atom is -0.452 e. The lowest BCUT2D eigenvalue weighted by Crippen LogP contribution is -2.37. The Morgan fingerprint density at radius 1 is 1.56 bits per heavy atom. The van der Waals surface area contributed by atoms with E-state index in [0.717, 1.165) is 25.9 Å². The van der Waals surface area contributed by atoms with Crippen LogP contribution in [-0.2, 0) is 10.0 Å². The fourth-order valence-electron chi connectivity index (χ4n) is 1.81. The molecule has 6 heteroatoms. The maximum atomic E-state index is 11.7. The highest BCUT2D eigenvalue weighted by Crippen LogP contribution is 2.12. The predicted molar refractivity (Wildman–Crippen MR) is 59.5 cm³/mol. The molecule has 5 nitrogen and oxygen atoms in total. The van der Waals surface area contributed by atoms with Gasteiger partial charge in [-0.05, 0) is 44.0 Å². The van der Waals surface area contributed by atoms with Gasteiger partial charge >= 0.3 is 0 Å². The van der Waals surface area contributed by atoms with Gasteiger partial charge in [-0.1, -0.05) is 0 Å². The van der Waals surface area contributed by atoms with Crippen molar-refractivity contribution in [2.75, 3.05) is 19.6 Å². The van der Waals surface area contributed by atoms with Crippen LogP contribution in [0.25, 0.3) is 0 Å². The van der Waals surface area contributed by atoms with E-state index in [4.69, 9.17) is 4.42 Å². The first-order chi connectivity index (χ1) is 7.68. The molecule has 0 amide bonds. The van der Waals surface area contributed by atoms with Gasteiger partial charge in [-0.2, -0.15) is 0 Å². The van der Waals surface area contributed by atoms with Crippen molar-refractivity contribution in [2.45, 2.75) is 17.9 Å². The molecule has 90 valence electrons. The lowest BCUT2D eigenvalue weighted by Gasteiger charge is -2.22. The normalized spacial score (nSPS) is 22.1. The summed E-state index contributed by atoms with van der Waals surface area (Å²) in [7, 11) is -3.46. The van der Waals surface area contributed by atoms with Gasteiger partial charge in [0, 0.05) is 6.54 Å². The smallest absolute Gasteiger partial charge is 0.273 e. The van der Waals surface area contributed by atoms with E-state index in [0.29, 0.717) is 12.5 Å². The first-order valence-electron chi connectivity index (χ1n) is 5.42. The van der Waals surface area contributed by atoms with Gasteiger partial charge < -0.3 is 9.73 Å². The van der Waals surface area contributed by atoms with Crippen molar-refractivity contribution in [1.29, 1.82) is 0 Å². The second-order valence-corrected chi connectivity index (χ2v) is 5.69. The predicted octanol–water partition coefficient (Wildman–Crippen LogP) is 0.557. The molecule has 0 radical (unpaired) electrons. The van der Waals surface area contributed by atoms with Crippen LogP contribution in [0.15, 0.2) is 27.9 Å². The van der Waals surface area contributed by atoms with Crippen LogP contribution < -0.4 is 10.0 Å². The Bertz CT molecular complexity index is 407. The lowest BCUT2D eigenvalue weighted by atomic mass is 10.0. The van der Waals surface area contributed by atoms with E-state index in [1.807, 2.05) is 0 Å². The van der Waals surface area contributed by atoms with Gasteiger partial charge in [0.25, 0.3) is 10.0 Å². The molecule has 2 N–H and O–H groups in total. The van der Waals surface area contributed by atoms with Crippen molar-refractivity contribution >= 4 is 10.0 Å². The molecule has 1 aliphatic heterocycles. The molecular formula is C10H16N2O3S. The molecule has 0 spiro atoms. The second kappa shape index (κ2) is 4.99. The molecule has 1 aliphatic rings. The molecule has 2 heterocycles. The van der Waals surface area contributed by atoms with Gasteiger partial charge in [-0.3, -0.25) is 0 Å². The van der Waals surface area contributed by atoms with Crippen LogP contribution in [0.3, 0.4) is 0 Å². The number of nitrogens with one attached hydrogen (secondary N) is 2. The summed E-state index contributed by atoms with van der Waals surface area (Å²) in [5.74, 6) is 0.374. The Labute approximate surface area is 95.3 Å². The summed E-state index contributed by atoms with van der Waals surface area (Å²) in [5, 5.41) is 3.23. The highest BCUT2D eigenvalue weighted by atomic mass is 32.2. The third-order valence-corrected chi connectivity index (χ3v) is 4.03. The van der Waals surface area contributed by atoms with E-state index in [1.165, 1.54) is 12.3 Å². The summed E-state index contributed by atoms with van der Waals surface area (Å²) >= 11 is 0. The van der Waals surface area contributed by atoms with E-state index in [1.54, 1.807) is 6.07 Å². The fourth-order valence-corrected chi connectivity index (χ4v) is 2.85. The summed E-state index contributed by atoms with van der Waals surface area (Å²) < 4.78 is 30.9. The van der Waals surface area contributed by atoms with Gasteiger partial charge in [0.05, 0.1) is 6.26 Å². The Hall–Kier alpha value is -0.850. The first kappa shape index (κ1) is 11.6. The number of rotatable bonds is 4. The molecule has 0 saturated carbocycles. The van der Waals surface area contributed by atoms with Crippen LogP contribution in [0, 0.1) is 5.92 Å². The van der Waals surface area contributed by atoms with Gasteiger partial charge in [-0.15, -0.1) is 0 Å². The Kier molecular flexibility index (Phi) is 3.63. The molecule has 0 bridgehead atoms. The summed E-state index contributed by atoms with van der Waals surface area (Å²) in [5.41, 5.74) is 0. The summed E-state index contributed by atoms with van der Waals surface area (Å²) in [6.07, 6.45) is 3.53. The van der Waals surface area contributed by atoms with Crippen LogP contribution in [-0.4, -0.2) is 28.1 Å². The zero-order valence-electron chi connectivity index (χ0n) is 8.98. The average Bonchev–Trinajstić information content (AvgIpc) is 2.82. The standard InChI is InChI=1S/C10H16N2O3S/c13-16(14,10-4-2-6-15-10)12-8-9-3-1-5-11-7-9/h2,4,6,9,11-12H,1,3,5,7-8H2. The van der Waals surface area contributed by atoms with Crippen LogP contribution in [0.2, 0.25) is 0 Å². The fraction of sp³-hybridized carbons (Fsp3) is 0.600. The van der Waals surface area contributed by atoms with Crippen molar-refractivity contribution in [2.24, 2.45) is 5.92 Å². The second-order valence-electron chi connectivity index (χ2n) is 4.00. The molecule has 16 heavy (non-hydrogen) atoms. The number of furan rings is 1. The van der Waals surface area contributed by atoms with E-state index >= 15 is 0 Å². The van der Waals surface area contributed by atoms with Crippen LogP contribution in [0.5, 0.6) is 0 Å². The molecule has 0 aliphatic carbocycles. The third-order valence-electron chi connectivity index (χ3n) is 2.72. The molecule has 1 aromatic heterocycles. The van der Waals surface area contributed by atoms with E-state index in [-0.39, 0.29) is 5.09 Å². The van der Waals surface area contributed by atoms with Crippen molar-refractivity contribution in [3.63, 3.8) is 0 Å². The zero-order valence-corrected chi connectivity index (χ0v) is 9.79. The molecule has 2 rings (SSSR count). The van der Waals surface area contributed by atoms with E-state index in [2.05, 4.69) is 10.0 Å². The maximum absolute atomic E-state index is 11.7. The molecule has 1 fully saturated rings. The third kappa shape index (κ3) is 2.84. The highest BCUT2D eigenvalue weighted by Gasteiger charge is 2.20. The van der Waals surface area contributed by atoms with Crippen LogP contribution >= 0.6 is 0 Å². The molecule has 1 unspecified atom stereocenters. The average molecular weight is 244 g/mol. The van der Waals surface area contributed by atoms with Crippen molar-refractivity contribution in [3.05, 3.63) is 18.4 Å². The zero-order chi connectivity index (χ0) is 11.4. The summed E-state index contributed by atoms with van der Waals surface area (Å²) in [4.78, 5) is 0. The van der Waals surface area contributed by atoms with Crippen LogP contribution in [0.1, 0.15) is 12.8 Å². The van der Waals surface area contributed by atoms with Gasteiger partial charge in [0.2, 0.25) is 5.09 Å². The minimum absolute atomic E-state index is 0.0173. The Morgan fingerprint density at radius 2 is 2.44 bits per heavy atom. The number of hydrogen-bond donors (Lipinski definition) is 2. The van der Waals surface area contributed by atoms with Gasteiger partial charge in [0.1, 0.15) is 0 Å². The Balaban J connectivity index is 1.89. The number of piperidine rings is 1. The summed E-state index contributed by atoms with van der Waals surface area (Å²) in [6.45, 7) is 2.37.